The highest BCUT2D eigenvalue weighted by molar-refractivity contribution is 9.10. The van der Waals surface area contributed by atoms with Crippen LogP contribution in [0.25, 0.3) is 0 Å². The molecule has 2 aromatic rings. The molecule has 0 radical (unpaired) electrons. The molecule has 0 aliphatic carbocycles. The largest absolute Gasteiger partial charge is 0.368 e. The summed E-state index contributed by atoms with van der Waals surface area (Å²) in [5, 5.41) is 4.88. The van der Waals surface area contributed by atoms with Crippen molar-refractivity contribution < 1.29 is 22.8 Å². The zero-order chi connectivity index (χ0) is 21.6. The van der Waals surface area contributed by atoms with Gasteiger partial charge in [0.05, 0.1) is 18.0 Å². The number of primary amides is 1. The number of hydrogen-bond donors (Lipinski definition) is 3. The number of nitrogens with two attached hydrogens (primary N) is 1. The van der Waals surface area contributed by atoms with E-state index in [9.17, 15) is 22.8 Å². The van der Waals surface area contributed by atoms with Crippen LogP contribution in [-0.4, -0.2) is 50.6 Å². The molecule has 2 aromatic carbocycles. The molecule has 0 unspecified atom stereocenters. The number of nitrogens with one attached hydrogen (secondary N) is 2. The van der Waals surface area contributed by atoms with E-state index in [1.54, 1.807) is 18.2 Å². The number of likely N-dealkylation sites (N-methyl/N-ethyl adjacent to an activating group) is 1. The Balaban J connectivity index is 2.03. The molecule has 0 aliphatic rings. The Bertz CT molecular complexity index is 1020. The number of sulfonamides is 1. The molecule has 0 spiro atoms. The minimum Gasteiger partial charge on any atom is -0.368 e. The lowest BCUT2D eigenvalue weighted by Gasteiger charge is -2.17. The van der Waals surface area contributed by atoms with E-state index >= 15 is 0 Å². The smallest absolute Gasteiger partial charge is 0.251 e. The normalized spacial score (nSPS) is 11.1. The van der Waals surface area contributed by atoms with Gasteiger partial charge in [0, 0.05) is 22.8 Å². The number of anilines is 1. The molecule has 3 amide bonds. The predicted octanol–water partition coefficient (Wildman–Crippen LogP) is 0.923. The molecule has 0 saturated heterocycles. The zero-order valence-corrected chi connectivity index (χ0v) is 17.8. The number of carbonyl (C=O) groups excluding carboxylic acids is 3. The number of benzene rings is 2. The summed E-state index contributed by atoms with van der Waals surface area (Å²) in [5.41, 5.74) is 5.49. The lowest BCUT2D eigenvalue weighted by atomic mass is 10.2. The van der Waals surface area contributed by atoms with Crippen LogP contribution in [0.5, 0.6) is 0 Å². The average molecular weight is 483 g/mol. The molecule has 9 nitrogen and oxygen atoms in total. The maximum Gasteiger partial charge on any atom is 0.251 e. The number of amides is 3. The topological polar surface area (TPSA) is 139 Å². The van der Waals surface area contributed by atoms with Gasteiger partial charge in [0.2, 0.25) is 21.8 Å². The van der Waals surface area contributed by atoms with Crippen LogP contribution in [-0.2, 0) is 19.6 Å². The maximum atomic E-state index is 12.5. The average Bonchev–Trinajstić information content (AvgIpc) is 2.66. The van der Waals surface area contributed by atoms with Gasteiger partial charge in [-0.05, 0) is 42.5 Å². The molecule has 0 fully saturated rings. The quantitative estimate of drug-likeness (QED) is 0.513. The van der Waals surface area contributed by atoms with Crippen molar-refractivity contribution in [3.8, 4) is 0 Å². The van der Waals surface area contributed by atoms with Gasteiger partial charge in [-0.2, -0.15) is 4.31 Å². The highest BCUT2D eigenvalue weighted by atomic mass is 79.9. The van der Waals surface area contributed by atoms with E-state index in [2.05, 4.69) is 26.6 Å². The Morgan fingerprint density at radius 3 is 2.38 bits per heavy atom. The fourth-order valence-electron chi connectivity index (χ4n) is 2.28. The van der Waals surface area contributed by atoms with E-state index in [-0.39, 0.29) is 17.0 Å². The molecule has 29 heavy (non-hydrogen) atoms. The number of carbonyl (C=O) groups is 3. The van der Waals surface area contributed by atoms with Gasteiger partial charge in [-0.15, -0.1) is 0 Å². The van der Waals surface area contributed by atoms with Crippen LogP contribution in [0, 0.1) is 0 Å². The molecule has 0 bridgehead atoms. The lowest BCUT2D eigenvalue weighted by molar-refractivity contribution is -0.117. The summed E-state index contributed by atoms with van der Waals surface area (Å²) in [6.07, 6.45) is 0. The predicted molar refractivity (Wildman–Crippen MR) is 111 cm³/mol. The first-order chi connectivity index (χ1) is 13.6. The van der Waals surface area contributed by atoms with E-state index in [0.717, 1.165) is 8.78 Å². The van der Waals surface area contributed by atoms with E-state index in [1.807, 2.05) is 0 Å². The number of nitrogens with zero attached hydrogens (tertiary/aromatic N) is 1. The summed E-state index contributed by atoms with van der Waals surface area (Å²) in [4.78, 5) is 35.0. The first-order valence-electron chi connectivity index (χ1n) is 8.28. The SMILES string of the molecule is CN(CC(=O)Nc1cccc(C(=O)NCC(N)=O)c1)S(=O)(=O)c1ccc(Br)cc1. The van der Waals surface area contributed by atoms with Gasteiger partial charge in [0.25, 0.3) is 5.91 Å². The molecule has 154 valence electrons. The summed E-state index contributed by atoms with van der Waals surface area (Å²) in [6, 6.07) is 12.0. The molecule has 2 rings (SSSR count). The molecule has 0 saturated carbocycles. The summed E-state index contributed by atoms with van der Waals surface area (Å²) >= 11 is 3.24. The highest BCUT2D eigenvalue weighted by Crippen LogP contribution is 2.18. The second-order valence-corrected chi connectivity index (χ2v) is 8.95. The van der Waals surface area contributed by atoms with Gasteiger partial charge in [0.15, 0.2) is 0 Å². The Kier molecular flexibility index (Phi) is 7.48. The summed E-state index contributed by atoms with van der Waals surface area (Å²) in [6.45, 7) is -0.732. The van der Waals surface area contributed by atoms with Crippen molar-refractivity contribution in [2.24, 2.45) is 5.73 Å². The standard InChI is InChI=1S/C18H19BrN4O5S/c1-23(29(27,28)15-7-5-13(19)6-8-15)11-17(25)22-14-4-2-3-12(9-14)18(26)21-10-16(20)24/h2-9H,10-11H2,1H3,(H2,20,24)(H,21,26)(H,22,25). The lowest BCUT2D eigenvalue weighted by Crippen LogP contribution is -2.35. The first kappa shape index (κ1) is 22.5. The molecule has 0 atom stereocenters. The van der Waals surface area contributed by atoms with Crippen LogP contribution in [0.15, 0.2) is 57.9 Å². The Hall–Kier alpha value is -2.76. The van der Waals surface area contributed by atoms with Crippen molar-refractivity contribution in [1.82, 2.24) is 9.62 Å². The Labute approximate surface area is 176 Å². The van der Waals surface area contributed by atoms with Gasteiger partial charge >= 0.3 is 0 Å². The van der Waals surface area contributed by atoms with E-state index < -0.39 is 34.3 Å². The van der Waals surface area contributed by atoms with Crippen molar-refractivity contribution in [3.05, 3.63) is 58.6 Å². The number of halogens is 1. The van der Waals surface area contributed by atoms with Gasteiger partial charge in [-0.3, -0.25) is 14.4 Å². The van der Waals surface area contributed by atoms with Crippen LogP contribution in [0.4, 0.5) is 5.69 Å². The summed E-state index contributed by atoms with van der Waals surface area (Å²) in [7, 11) is -2.54. The van der Waals surface area contributed by atoms with Crippen molar-refractivity contribution >= 4 is 49.4 Å². The second kappa shape index (κ2) is 9.63. The van der Waals surface area contributed by atoms with Gasteiger partial charge in [-0.1, -0.05) is 22.0 Å². The molecule has 4 N–H and O–H groups in total. The molecular formula is C18H19BrN4O5S. The van der Waals surface area contributed by atoms with Crippen LogP contribution < -0.4 is 16.4 Å². The zero-order valence-electron chi connectivity index (χ0n) is 15.4. The monoisotopic (exact) mass is 482 g/mol. The van der Waals surface area contributed by atoms with Crippen LogP contribution in [0.3, 0.4) is 0 Å². The fourth-order valence-corrected chi connectivity index (χ4v) is 3.67. The third-order valence-electron chi connectivity index (χ3n) is 3.72. The molecular weight excluding hydrogens is 464 g/mol. The summed E-state index contributed by atoms with van der Waals surface area (Å²) in [5.74, 6) is -1.80. The first-order valence-corrected chi connectivity index (χ1v) is 10.5. The fraction of sp³-hybridized carbons (Fsp3) is 0.167. The van der Waals surface area contributed by atoms with Crippen LogP contribution in [0.1, 0.15) is 10.4 Å². The minimum absolute atomic E-state index is 0.0594. The molecule has 0 aromatic heterocycles. The summed E-state index contributed by atoms with van der Waals surface area (Å²) < 4.78 is 26.7. The van der Waals surface area contributed by atoms with Gasteiger partial charge in [0.1, 0.15) is 0 Å². The van der Waals surface area contributed by atoms with E-state index in [1.165, 1.54) is 37.4 Å². The van der Waals surface area contributed by atoms with Crippen molar-refractivity contribution in [3.63, 3.8) is 0 Å². The molecule has 0 aliphatic heterocycles. The van der Waals surface area contributed by atoms with Crippen molar-refractivity contribution in [2.75, 3.05) is 25.5 Å². The Morgan fingerprint density at radius 2 is 1.76 bits per heavy atom. The van der Waals surface area contributed by atoms with Crippen LogP contribution >= 0.6 is 15.9 Å². The van der Waals surface area contributed by atoms with Gasteiger partial charge in [-0.25, -0.2) is 8.42 Å². The molecule has 0 heterocycles. The van der Waals surface area contributed by atoms with E-state index in [0.29, 0.717) is 5.69 Å². The third-order valence-corrected chi connectivity index (χ3v) is 6.07. The van der Waals surface area contributed by atoms with Crippen LogP contribution in [0.2, 0.25) is 0 Å². The van der Waals surface area contributed by atoms with E-state index in [4.69, 9.17) is 5.73 Å². The second-order valence-electron chi connectivity index (χ2n) is 5.99. The third kappa shape index (κ3) is 6.38. The number of rotatable bonds is 8. The molecule has 11 heteroatoms. The van der Waals surface area contributed by atoms with Gasteiger partial charge < -0.3 is 16.4 Å². The highest BCUT2D eigenvalue weighted by Gasteiger charge is 2.23. The number of hydrogen-bond acceptors (Lipinski definition) is 5. The maximum absolute atomic E-state index is 12.5. The van der Waals surface area contributed by atoms with Crippen molar-refractivity contribution in [1.29, 1.82) is 0 Å². The Morgan fingerprint density at radius 1 is 1.10 bits per heavy atom. The van der Waals surface area contributed by atoms with Crippen molar-refractivity contribution in [2.45, 2.75) is 4.90 Å². The minimum atomic E-state index is -3.84.